The van der Waals surface area contributed by atoms with E-state index in [1.807, 2.05) is 0 Å². The Bertz CT molecular complexity index is 1220. The maximum atomic E-state index is 4.93. The predicted molar refractivity (Wildman–Crippen MR) is 210 cm³/mol. The second-order valence-corrected chi connectivity index (χ2v) is 25.9. The van der Waals surface area contributed by atoms with Crippen LogP contribution in [0.3, 0.4) is 0 Å². The van der Waals surface area contributed by atoms with Gasteiger partial charge in [-0.25, -0.2) is 0 Å². The molecule has 2 aromatic carbocycles. The van der Waals surface area contributed by atoms with Crippen molar-refractivity contribution in [3.8, 4) is 0 Å². The Morgan fingerprint density at radius 3 is 1.40 bits per heavy atom. The van der Waals surface area contributed by atoms with Crippen molar-refractivity contribution in [3.05, 3.63) is 85.6 Å². The van der Waals surface area contributed by atoms with Gasteiger partial charge < -0.3 is 14.9 Å². The van der Waals surface area contributed by atoms with Crippen LogP contribution in [0.15, 0.2) is 48.5 Å². The molecule has 4 fully saturated rings. The molecule has 0 aliphatic heterocycles. The molecule has 0 spiro atoms. The average Bonchev–Trinajstić information content (AvgIpc) is 3.55. The number of benzene rings is 2. The molecule has 6 rings (SSSR count). The van der Waals surface area contributed by atoms with Gasteiger partial charge in [0.15, 0.2) is 0 Å². The third-order valence-corrected chi connectivity index (χ3v) is 21.3. The summed E-state index contributed by atoms with van der Waals surface area (Å²) in [6, 6.07) is 22.8. The minimum atomic E-state index is -1.52. The van der Waals surface area contributed by atoms with Gasteiger partial charge in [-0.15, -0.1) is 0 Å². The normalized spacial score (nSPS) is 33.2. The molecule has 2 aromatic rings. The number of halogens is 2. The zero-order valence-electron chi connectivity index (χ0n) is 31.7. The van der Waals surface area contributed by atoms with Crippen LogP contribution in [0.4, 0.5) is 0 Å². The first-order valence-electron chi connectivity index (χ1n) is 18.6. The van der Waals surface area contributed by atoms with E-state index in [1.165, 1.54) is 74.6 Å². The number of rotatable bonds is 6. The average molecular weight is 775 g/mol. The maximum absolute atomic E-state index is 4.93. The van der Waals surface area contributed by atoms with Crippen LogP contribution in [-0.4, -0.2) is 8.07 Å². The Hall–Kier alpha value is 0.120. The van der Waals surface area contributed by atoms with Crippen LogP contribution >= 0.6 is 17.0 Å². The quantitative estimate of drug-likeness (QED) is 0.203. The molecule has 10 unspecified atom stereocenters. The van der Waals surface area contributed by atoms with Crippen LogP contribution < -0.4 is 0 Å². The Labute approximate surface area is 312 Å². The monoisotopic (exact) mass is 772 g/mol. The molecule has 4 saturated carbocycles. The van der Waals surface area contributed by atoms with E-state index < -0.39 is 28.9 Å². The summed E-state index contributed by atoms with van der Waals surface area (Å²) in [6.45, 7) is 20.1. The summed E-state index contributed by atoms with van der Waals surface area (Å²) in [5.41, 5.74) is 8.54. The van der Waals surface area contributed by atoms with Crippen LogP contribution in [0, 0.1) is 57.3 Å². The van der Waals surface area contributed by atoms with Gasteiger partial charge in [0.1, 0.15) is 0 Å². The molecule has 47 heavy (non-hydrogen) atoms. The van der Waals surface area contributed by atoms with E-state index in [4.69, 9.17) is 17.0 Å². The fourth-order valence-corrected chi connectivity index (χ4v) is 20.3. The molecular formula is C43H68Cl2SiZr. The van der Waals surface area contributed by atoms with Gasteiger partial charge in [0, 0.05) is 0 Å². The first-order valence-corrected chi connectivity index (χ1v) is 27.5. The van der Waals surface area contributed by atoms with Gasteiger partial charge in [0.05, 0.1) is 8.07 Å². The fraction of sp³-hybridized carbons (Fsp3) is 0.674. The summed E-state index contributed by atoms with van der Waals surface area (Å²) in [5.74, 6) is 7.26. The van der Waals surface area contributed by atoms with Crippen LogP contribution in [0.5, 0.6) is 0 Å². The molecule has 10 atom stereocenters. The number of hydrogen-bond acceptors (Lipinski definition) is 0. The van der Waals surface area contributed by atoms with E-state index in [2.05, 4.69) is 104 Å². The summed E-state index contributed by atoms with van der Waals surface area (Å²) in [7, 11) is 8.34. The van der Waals surface area contributed by atoms with Crippen molar-refractivity contribution in [2.45, 2.75) is 147 Å². The third-order valence-electron chi connectivity index (χ3n) is 14.0. The molecule has 0 radical (unpaired) electrons. The standard InChI is InChI=1S/C41H62Si.2CH3.2ClH.Zr/c1-9-42(10-2,39-28(4)25-37-33(13-11-15-35(37)39)30-19-17-27(3)18-20-30)40-29(5)26-38-34(14-12-16-36(38)40)31-21-23-32(24-22-31)41(6,7)8;;;;;/h17-24,28-29,33-40H,9-16,25-26H2,1-8H3;2*1H3;2*1H;/q;2*-1;;;+4/p-2. The summed E-state index contributed by atoms with van der Waals surface area (Å²) in [4.78, 5) is 0. The molecule has 0 heterocycles. The van der Waals surface area contributed by atoms with Gasteiger partial charge in [-0.1, -0.05) is 140 Å². The molecule has 0 N–H and O–H groups in total. The first kappa shape index (κ1) is 41.5. The van der Waals surface area contributed by atoms with Gasteiger partial charge in [-0.3, -0.25) is 0 Å². The predicted octanol–water partition coefficient (Wildman–Crippen LogP) is 14.6. The van der Waals surface area contributed by atoms with Gasteiger partial charge in [-0.05, 0) is 113 Å². The molecule has 4 aliphatic rings. The topological polar surface area (TPSA) is 0 Å². The molecule has 0 nitrogen and oxygen atoms in total. The van der Waals surface area contributed by atoms with Crippen LogP contribution in [0.2, 0.25) is 23.2 Å². The molecule has 4 aliphatic carbocycles. The van der Waals surface area contributed by atoms with E-state index in [9.17, 15) is 0 Å². The fourth-order valence-electron chi connectivity index (χ4n) is 12.4. The van der Waals surface area contributed by atoms with E-state index in [0.29, 0.717) is 0 Å². The molecule has 0 bridgehead atoms. The summed E-state index contributed by atoms with van der Waals surface area (Å²) in [5, 5.41) is 0. The van der Waals surface area contributed by atoms with Gasteiger partial charge in [0.2, 0.25) is 0 Å². The van der Waals surface area contributed by atoms with E-state index in [0.717, 1.165) is 58.4 Å². The first-order chi connectivity index (χ1) is 21.5. The summed E-state index contributed by atoms with van der Waals surface area (Å²) < 4.78 is 0. The van der Waals surface area contributed by atoms with Crippen LogP contribution in [0.25, 0.3) is 0 Å². The second-order valence-electron chi connectivity index (χ2n) is 17.0. The summed E-state index contributed by atoms with van der Waals surface area (Å²) in [6.07, 6.45) is 11.8. The van der Waals surface area contributed by atoms with E-state index in [1.54, 1.807) is 11.1 Å². The Morgan fingerprint density at radius 1 is 0.660 bits per heavy atom. The van der Waals surface area contributed by atoms with Gasteiger partial charge in [0.25, 0.3) is 0 Å². The SMILES string of the molecule is CC[Si](CC)(C1C(C)CC2C(c3ccc(C)cc3)CCCC21)C1C(C)CC2C(c3ccc(C(C)(C)C)cc3)CCCC21.[CH3-].[CH3-].[Cl][Zr+2][Cl]. The Kier molecular flexibility index (Phi) is 15.5. The molecule has 0 aromatic heterocycles. The van der Waals surface area contributed by atoms with Crippen molar-refractivity contribution < 1.29 is 20.8 Å². The van der Waals surface area contributed by atoms with Crippen LogP contribution in [0.1, 0.15) is 134 Å². The molecule has 0 saturated heterocycles. The summed E-state index contributed by atoms with van der Waals surface area (Å²) >= 11 is -0.826. The van der Waals surface area contributed by atoms with Gasteiger partial charge >= 0.3 is 37.9 Å². The van der Waals surface area contributed by atoms with Crippen molar-refractivity contribution in [3.63, 3.8) is 0 Å². The number of hydrogen-bond donors (Lipinski definition) is 0. The van der Waals surface area contributed by atoms with Crippen molar-refractivity contribution >= 4 is 25.1 Å². The zero-order chi connectivity index (χ0) is 32.5. The van der Waals surface area contributed by atoms with E-state index >= 15 is 0 Å². The van der Waals surface area contributed by atoms with Crippen molar-refractivity contribution in [2.75, 3.05) is 0 Å². The third kappa shape index (κ3) is 8.28. The van der Waals surface area contributed by atoms with Crippen molar-refractivity contribution in [2.24, 2.45) is 35.5 Å². The van der Waals surface area contributed by atoms with Crippen molar-refractivity contribution in [1.82, 2.24) is 0 Å². The second kappa shape index (κ2) is 17.6. The molecular weight excluding hydrogens is 707 g/mol. The molecule has 4 heteroatoms. The number of fused-ring (bicyclic) bond motifs is 2. The van der Waals surface area contributed by atoms with E-state index in [-0.39, 0.29) is 20.3 Å². The van der Waals surface area contributed by atoms with Crippen molar-refractivity contribution in [1.29, 1.82) is 0 Å². The van der Waals surface area contributed by atoms with Crippen LogP contribution in [-0.2, 0) is 26.3 Å². The Balaban J connectivity index is 0.00000116. The zero-order valence-corrected chi connectivity index (χ0v) is 36.7. The Morgan fingerprint density at radius 2 is 1.04 bits per heavy atom. The number of aryl methyl sites for hydroxylation is 1. The minimum absolute atomic E-state index is 0. The molecule has 262 valence electrons. The van der Waals surface area contributed by atoms with Gasteiger partial charge in [-0.2, -0.15) is 0 Å². The molecule has 0 amide bonds.